The molecule has 0 spiro atoms. The van der Waals surface area contributed by atoms with Crippen molar-refractivity contribution < 1.29 is 9.52 Å². The van der Waals surface area contributed by atoms with Gasteiger partial charge in [-0.1, -0.05) is 19.1 Å². The molecular formula is C16H17N3O3. The maximum Gasteiger partial charge on any atom is 0.271 e. The number of oxazole rings is 1. The first-order valence-corrected chi connectivity index (χ1v) is 7.15. The van der Waals surface area contributed by atoms with Crippen molar-refractivity contribution in [1.82, 2.24) is 9.97 Å². The molecule has 2 heterocycles. The Hall–Kier alpha value is -2.60. The number of para-hydroxylation sites is 2. The van der Waals surface area contributed by atoms with Crippen molar-refractivity contribution in [1.29, 1.82) is 0 Å². The lowest BCUT2D eigenvalue weighted by molar-refractivity contribution is 0.275. The Balaban J connectivity index is 1.82. The quantitative estimate of drug-likeness (QED) is 0.671. The molecular weight excluding hydrogens is 282 g/mol. The van der Waals surface area contributed by atoms with E-state index < -0.39 is 0 Å². The van der Waals surface area contributed by atoms with E-state index in [4.69, 9.17) is 4.42 Å². The summed E-state index contributed by atoms with van der Waals surface area (Å²) in [5.74, 6) is 0.518. The Bertz CT molecular complexity index is 818. The lowest BCUT2D eigenvalue weighted by Gasteiger charge is -2.09. The minimum absolute atomic E-state index is 0.177. The summed E-state index contributed by atoms with van der Waals surface area (Å²) in [5, 5.41) is 12.3. The van der Waals surface area contributed by atoms with E-state index in [1.54, 1.807) is 6.07 Å². The molecule has 22 heavy (non-hydrogen) atoms. The van der Waals surface area contributed by atoms with E-state index in [-0.39, 0.29) is 12.2 Å². The summed E-state index contributed by atoms with van der Waals surface area (Å²) in [6.45, 7) is 2.11. The lowest BCUT2D eigenvalue weighted by Crippen LogP contribution is -2.17. The van der Waals surface area contributed by atoms with E-state index in [2.05, 4.69) is 15.3 Å². The van der Waals surface area contributed by atoms with Crippen LogP contribution in [0, 0.1) is 0 Å². The van der Waals surface area contributed by atoms with Crippen LogP contribution in [-0.4, -0.2) is 15.1 Å². The van der Waals surface area contributed by atoms with Gasteiger partial charge >= 0.3 is 0 Å². The number of aliphatic hydroxyl groups is 1. The third-order valence-corrected chi connectivity index (χ3v) is 3.52. The van der Waals surface area contributed by atoms with Gasteiger partial charge in [0.2, 0.25) is 5.89 Å². The predicted molar refractivity (Wildman–Crippen MR) is 83.7 cm³/mol. The van der Waals surface area contributed by atoms with Crippen LogP contribution in [-0.2, 0) is 19.6 Å². The van der Waals surface area contributed by atoms with E-state index in [1.807, 2.05) is 31.2 Å². The maximum absolute atomic E-state index is 12.0. The Morgan fingerprint density at radius 3 is 2.91 bits per heavy atom. The number of fused-ring (bicyclic) bond motifs is 1. The zero-order valence-corrected chi connectivity index (χ0v) is 12.2. The molecule has 6 nitrogen and oxygen atoms in total. The van der Waals surface area contributed by atoms with Crippen LogP contribution in [0.25, 0.3) is 11.1 Å². The molecule has 0 aliphatic carbocycles. The molecule has 6 heteroatoms. The number of hydrogen-bond donors (Lipinski definition) is 3. The van der Waals surface area contributed by atoms with Gasteiger partial charge in [0.1, 0.15) is 11.2 Å². The van der Waals surface area contributed by atoms with Crippen LogP contribution in [0.15, 0.2) is 39.5 Å². The molecule has 2 aromatic heterocycles. The fourth-order valence-corrected chi connectivity index (χ4v) is 2.37. The molecule has 0 atom stereocenters. The normalized spacial score (nSPS) is 11.0. The van der Waals surface area contributed by atoms with Gasteiger partial charge in [-0.3, -0.25) is 4.79 Å². The van der Waals surface area contributed by atoms with Gasteiger partial charge in [-0.05, 0) is 30.2 Å². The number of rotatable bonds is 5. The highest BCUT2D eigenvalue weighted by Crippen LogP contribution is 2.16. The first-order valence-electron chi connectivity index (χ1n) is 7.15. The second-order valence-electron chi connectivity index (χ2n) is 4.96. The lowest BCUT2D eigenvalue weighted by atomic mass is 10.1. The summed E-state index contributed by atoms with van der Waals surface area (Å²) in [5.41, 5.74) is 3.15. The molecule has 0 aliphatic heterocycles. The Morgan fingerprint density at radius 1 is 1.36 bits per heavy atom. The van der Waals surface area contributed by atoms with Crippen molar-refractivity contribution in [3.05, 3.63) is 57.8 Å². The molecule has 0 aliphatic rings. The fraction of sp³-hybridized carbons (Fsp3) is 0.250. The number of benzene rings is 1. The molecule has 3 rings (SSSR count). The van der Waals surface area contributed by atoms with E-state index >= 15 is 0 Å². The second kappa shape index (κ2) is 6.03. The molecule has 3 N–H and O–H groups in total. The van der Waals surface area contributed by atoms with Gasteiger partial charge in [0.25, 0.3) is 5.56 Å². The largest absolute Gasteiger partial charge is 0.439 e. The SMILES string of the molecule is CCc1cc(NCc2nc3ccccc3o2)c(=O)[nH]c1CO. The summed E-state index contributed by atoms with van der Waals surface area (Å²) in [6.07, 6.45) is 0.726. The Kier molecular flexibility index (Phi) is 3.93. The molecule has 0 radical (unpaired) electrons. The fourth-order valence-electron chi connectivity index (χ4n) is 2.37. The van der Waals surface area contributed by atoms with E-state index in [1.165, 1.54) is 0 Å². The number of hydrogen-bond acceptors (Lipinski definition) is 5. The summed E-state index contributed by atoms with van der Waals surface area (Å²) in [6, 6.07) is 9.27. The third kappa shape index (κ3) is 2.73. The number of pyridine rings is 1. The van der Waals surface area contributed by atoms with Gasteiger partial charge in [0.05, 0.1) is 13.2 Å². The van der Waals surface area contributed by atoms with Gasteiger partial charge in [0, 0.05) is 5.69 Å². The zero-order chi connectivity index (χ0) is 15.5. The van der Waals surface area contributed by atoms with Gasteiger partial charge in [-0.2, -0.15) is 0 Å². The summed E-state index contributed by atoms with van der Waals surface area (Å²) in [4.78, 5) is 19.0. The Morgan fingerprint density at radius 2 is 2.18 bits per heavy atom. The van der Waals surface area contributed by atoms with Crippen molar-refractivity contribution in [2.24, 2.45) is 0 Å². The average molecular weight is 299 g/mol. The summed E-state index contributed by atoms with van der Waals surface area (Å²) in [7, 11) is 0. The van der Waals surface area contributed by atoms with Gasteiger partial charge in [-0.15, -0.1) is 0 Å². The van der Waals surface area contributed by atoms with Crippen molar-refractivity contribution in [3.8, 4) is 0 Å². The van der Waals surface area contributed by atoms with Crippen molar-refractivity contribution in [2.75, 3.05) is 5.32 Å². The van der Waals surface area contributed by atoms with E-state index in [0.717, 1.165) is 23.1 Å². The van der Waals surface area contributed by atoms with Crippen molar-refractivity contribution in [3.63, 3.8) is 0 Å². The number of H-pyrrole nitrogens is 1. The van der Waals surface area contributed by atoms with Crippen molar-refractivity contribution >= 4 is 16.8 Å². The topological polar surface area (TPSA) is 91.2 Å². The van der Waals surface area contributed by atoms with E-state index in [0.29, 0.717) is 23.8 Å². The molecule has 1 aromatic carbocycles. The maximum atomic E-state index is 12.0. The average Bonchev–Trinajstić information content (AvgIpc) is 2.96. The highest BCUT2D eigenvalue weighted by atomic mass is 16.3. The predicted octanol–water partition coefficient (Wildman–Crippen LogP) is 2.18. The van der Waals surface area contributed by atoms with Crippen LogP contribution in [0.5, 0.6) is 0 Å². The second-order valence-corrected chi connectivity index (χ2v) is 4.96. The number of nitrogens with zero attached hydrogens (tertiary/aromatic N) is 1. The van der Waals surface area contributed by atoms with Gasteiger partial charge in [-0.25, -0.2) is 4.98 Å². The number of aryl methyl sites for hydroxylation is 1. The van der Waals surface area contributed by atoms with Crippen LogP contribution in [0.3, 0.4) is 0 Å². The van der Waals surface area contributed by atoms with Crippen LogP contribution in [0.4, 0.5) is 5.69 Å². The van der Waals surface area contributed by atoms with Gasteiger partial charge in [0.15, 0.2) is 5.58 Å². The first-order chi connectivity index (χ1) is 10.7. The number of aliphatic hydroxyl groups excluding tert-OH is 1. The van der Waals surface area contributed by atoms with Crippen LogP contribution in [0.1, 0.15) is 24.1 Å². The molecule has 0 bridgehead atoms. The molecule has 0 amide bonds. The standard InChI is InChI=1S/C16H17N3O3/c1-2-10-7-12(16(21)19-13(10)9-20)17-8-15-18-11-5-3-4-6-14(11)22-15/h3-7,17,20H,2,8-9H2,1H3,(H,19,21). The van der Waals surface area contributed by atoms with Gasteiger partial charge < -0.3 is 19.8 Å². The number of nitrogens with one attached hydrogen (secondary N) is 2. The molecule has 0 fully saturated rings. The third-order valence-electron chi connectivity index (χ3n) is 3.52. The van der Waals surface area contributed by atoms with Crippen molar-refractivity contribution in [2.45, 2.75) is 26.5 Å². The molecule has 3 aromatic rings. The smallest absolute Gasteiger partial charge is 0.271 e. The summed E-state index contributed by atoms with van der Waals surface area (Å²) < 4.78 is 5.61. The molecule has 0 unspecified atom stereocenters. The minimum atomic E-state index is -0.266. The molecule has 114 valence electrons. The molecule has 0 saturated heterocycles. The minimum Gasteiger partial charge on any atom is -0.439 e. The van der Waals surface area contributed by atoms with Crippen LogP contribution < -0.4 is 10.9 Å². The number of aromatic amines is 1. The summed E-state index contributed by atoms with van der Waals surface area (Å²) >= 11 is 0. The monoisotopic (exact) mass is 299 g/mol. The Labute approximate surface area is 126 Å². The van der Waals surface area contributed by atoms with Crippen LogP contribution in [0.2, 0.25) is 0 Å². The van der Waals surface area contributed by atoms with Crippen LogP contribution >= 0.6 is 0 Å². The number of aromatic nitrogens is 2. The first kappa shape index (κ1) is 14.3. The highest BCUT2D eigenvalue weighted by Gasteiger charge is 2.09. The molecule has 0 saturated carbocycles. The van der Waals surface area contributed by atoms with E-state index in [9.17, 15) is 9.90 Å². The number of anilines is 1. The highest BCUT2D eigenvalue weighted by molar-refractivity contribution is 5.72. The zero-order valence-electron chi connectivity index (χ0n) is 12.2.